The van der Waals surface area contributed by atoms with E-state index in [1.165, 1.54) is 6.20 Å². The van der Waals surface area contributed by atoms with Crippen molar-refractivity contribution >= 4 is 11.9 Å². The zero-order chi connectivity index (χ0) is 14.0. The molecule has 1 aromatic rings. The highest BCUT2D eigenvalue weighted by Gasteiger charge is 2.26. The second kappa shape index (κ2) is 5.42. The van der Waals surface area contributed by atoms with Crippen LogP contribution in [-0.4, -0.2) is 32.8 Å². The third-order valence-corrected chi connectivity index (χ3v) is 3.29. The highest BCUT2D eigenvalue weighted by atomic mass is 16.4. The lowest BCUT2D eigenvalue weighted by molar-refractivity contribution is -0.139. The van der Waals surface area contributed by atoms with Crippen LogP contribution in [0.3, 0.4) is 0 Å². The fraction of sp³-hybridized carbons (Fsp3) is 0.615. The van der Waals surface area contributed by atoms with E-state index >= 15 is 0 Å². The fourth-order valence-electron chi connectivity index (χ4n) is 2.38. The molecule has 19 heavy (non-hydrogen) atoms. The first-order chi connectivity index (χ1) is 8.99. The van der Waals surface area contributed by atoms with Crippen LogP contribution in [0.4, 0.5) is 0 Å². The van der Waals surface area contributed by atoms with Crippen molar-refractivity contribution in [3.63, 3.8) is 0 Å². The molecule has 6 nitrogen and oxygen atoms in total. The van der Waals surface area contributed by atoms with Gasteiger partial charge in [-0.2, -0.15) is 5.10 Å². The summed E-state index contributed by atoms with van der Waals surface area (Å²) in [7, 11) is 0. The molecule has 104 valence electrons. The number of rotatable bonds is 5. The van der Waals surface area contributed by atoms with Gasteiger partial charge in [-0.25, -0.2) is 4.79 Å². The second-order valence-electron chi connectivity index (χ2n) is 5.33. The van der Waals surface area contributed by atoms with E-state index in [1.807, 2.05) is 18.5 Å². The Bertz CT molecular complexity index is 493. The standard InChI is InChI=1S/C13H19N3O3/c1-8(2)6-10(13(18)19)15-12(17)9-7-14-16-5-3-4-11(9)16/h7-8,10H,3-6H2,1-2H3,(H,15,17)(H,18,19)/t10-/m1/s1. The molecule has 0 aromatic carbocycles. The molecule has 0 saturated carbocycles. The molecule has 0 saturated heterocycles. The van der Waals surface area contributed by atoms with Crippen molar-refractivity contribution in [1.29, 1.82) is 0 Å². The number of carbonyl (C=O) groups is 2. The molecule has 1 aliphatic rings. The quantitative estimate of drug-likeness (QED) is 0.833. The predicted molar refractivity (Wildman–Crippen MR) is 68.9 cm³/mol. The van der Waals surface area contributed by atoms with Crippen molar-refractivity contribution in [3.05, 3.63) is 17.5 Å². The van der Waals surface area contributed by atoms with Gasteiger partial charge < -0.3 is 10.4 Å². The molecular formula is C13H19N3O3. The largest absolute Gasteiger partial charge is 0.480 e. The van der Waals surface area contributed by atoms with Crippen molar-refractivity contribution < 1.29 is 14.7 Å². The van der Waals surface area contributed by atoms with Gasteiger partial charge in [-0.3, -0.25) is 9.48 Å². The van der Waals surface area contributed by atoms with Gasteiger partial charge in [-0.15, -0.1) is 0 Å². The third-order valence-electron chi connectivity index (χ3n) is 3.29. The number of amides is 1. The fourth-order valence-corrected chi connectivity index (χ4v) is 2.38. The summed E-state index contributed by atoms with van der Waals surface area (Å²) < 4.78 is 1.81. The molecule has 1 atom stereocenters. The SMILES string of the molecule is CC(C)C[C@@H](NC(=O)c1cnn2c1CCC2)C(=O)O. The van der Waals surface area contributed by atoms with Crippen molar-refractivity contribution in [2.45, 2.75) is 45.7 Å². The average molecular weight is 265 g/mol. The van der Waals surface area contributed by atoms with Crippen LogP contribution in [0.1, 0.15) is 42.7 Å². The monoisotopic (exact) mass is 265 g/mol. The number of aromatic nitrogens is 2. The van der Waals surface area contributed by atoms with Crippen LogP contribution >= 0.6 is 0 Å². The molecule has 0 fully saturated rings. The Morgan fingerprint density at radius 2 is 2.26 bits per heavy atom. The molecule has 0 spiro atoms. The van der Waals surface area contributed by atoms with Gasteiger partial charge in [0.25, 0.3) is 5.91 Å². The Kier molecular flexibility index (Phi) is 3.87. The number of carbonyl (C=O) groups excluding carboxylic acids is 1. The van der Waals surface area contributed by atoms with Crippen LogP contribution in [0.2, 0.25) is 0 Å². The lowest BCUT2D eigenvalue weighted by atomic mass is 10.0. The first-order valence-electron chi connectivity index (χ1n) is 6.57. The van der Waals surface area contributed by atoms with E-state index in [-0.39, 0.29) is 11.8 Å². The number of nitrogens with zero attached hydrogens (tertiary/aromatic N) is 2. The van der Waals surface area contributed by atoms with Gasteiger partial charge in [0.05, 0.1) is 17.5 Å². The van der Waals surface area contributed by atoms with Crippen molar-refractivity contribution in [2.75, 3.05) is 0 Å². The first kappa shape index (κ1) is 13.6. The molecule has 0 unspecified atom stereocenters. The zero-order valence-corrected chi connectivity index (χ0v) is 11.2. The number of aliphatic carboxylic acids is 1. The lowest BCUT2D eigenvalue weighted by Gasteiger charge is -2.16. The first-order valence-corrected chi connectivity index (χ1v) is 6.57. The molecule has 1 aliphatic heterocycles. The molecule has 2 heterocycles. The van der Waals surface area contributed by atoms with Crippen LogP contribution in [0, 0.1) is 5.92 Å². The molecule has 0 bridgehead atoms. The van der Waals surface area contributed by atoms with Gasteiger partial charge in [0.1, 0.15) is 6.04 Å². The van der Waals surface area contributed by atoms with Crippen molar-refractivity contribution in [2.24, 2.45) is 5.92 Å². The molecular weight excluding hydrogens is 246 g/mol. The summed E-state index contributed by atoms with van der Waals surface area (Å²) in [4.78, 5) is 23.3. The van der Waals surface area contributed by atoms with Gasteiger partial charge in [-0.05, 0) is 25.2 Å². The highest BCUT2D eigenvalue weighted by Crippen LogP contribution is 2.18. The van der Waals surface area contributed by atoms with Crippen molar-refractivity contribution in [3.8, 4) is 0 Å². The second-order valence-corrected chi connectivity index (χ2v) is 5.33. The van der Waals surface area contributed by atoms with Crippen LogP contribution in [0.15, 0.2) is 6.20 Å². The smallest absolute Gasteiger partial charge is 0.326 e. The lowest BCUT2D eigenvalue weighted by Crippen LogP contribution is -2.41. The summed E-state index contributed by atoms with van der Waals surface area (Å²) in [5, 5.41) is 15.9. The van der Waals surface area contributed by atoms with E-state index in [1.54, 1.807) is 0 Å². The topological polar surface area (TPSA) is 84.2 Å². The Balaban J connectivity index is 2.08. The highest BCUT2D eigenvalue weighted by molar-refractivity contribution is 5.97. The van der Waals surface area contributed by atoms with Crippen LogP contribution in [0.5, 0.6) is 0 Å². The molecule has 1 aromatic heterocycles. The van der Waals surface area contributed by atoms with Crippen LogP contribution in [0.25, 0.3) is 0 Å². The Hall–Kier alpha value is -1.85. The van der Waals surface area contributed by atoms with Gasteiger partial charge in [-0.1, -0.05) is 13.8 Å². The maximum Gasteiger partial charge on any atom is 0.326 e. The normalized spacial score (nSPS) is 15.3. The molecule has 2 N–H and O–H groups in total. The number of carboxylic acid groups (broad SMARTS) is 1. The average Bonchev–Trinajstić information content (AvgIpc) is 2.88. The third kappa shape index (κ3) is 2.94. The zero-order valence-electron chi connectivity index (χ0n) is 11.2. The minimum absolute atomic E-state index is 0.208. The van der Waals surface area contributed by atoms with E-state index in [4.69, 9.17) is 5.11 Å². The van der Waals surface area contributed by atoms with Crippen LogP contribution < -0.4 is 5.32 Å². The minimum Gasteiger partial charge on any atom is -0.480 e. The maximum atomic E-state index is 12.1. The summed E-state index contributed by atoms with van der Waals surface area (Å²) in [5.41, 5.74) is 1.42. The van der Waals surface area contributed by atoms with E-state index in [9.17, 15) is 9.59 Å². The van der Waals surface area contributed by atoms with E-state index in [2.05, 4.69) is 10.4 Å². The number of aryl methyl sites for hydroxylation is 1. The van der Waals surface area contributed by atoms with Gasteiger partial charge in [0.15, 0.2) is 0 Å². The van der Waals surface area contributed by atoms with Gasteiger partial charge in [0, 0.05) is 6.54 Å². The summed E-state index contributed by atoms with van der Waals surface area (Å²) in [6.45, 7) is 4.69. The number of carboxylic acids is 1. The minimum atomic E-state index is -0.995. The molecule has 2 rings (SSSR count). The molecule has 0 radical (unpaired) electrons. The Morgan fingerprint density at radius 3 is 2.89 bits per heavy atom. The molecule has 0 aliphatic carbocycles. The number of hydrogen-bond donors (Lipinski definition) is 2. The van der Waals surface area contributed by atoms with Crippen LogP contribution in [-0.2, 0) is 17.8 Å². The molecule has 1 amide bonds. The van der Waals surface area contributed by atoms with Gasteiger partial charge >= 0.3 is 5.97 Å². The van der Waals surface area contributed by atoms with E-state index < -0.39 is 12.0 Å². The summed E-state index contributed by atoms with van der Waals surface area (Å²) in [6.07, 6.45) is 3.76. The predicted octanol–water partition coefficient (Wildman–Crippen LogP) is 1.06. The van der Waals surface area contributed by atoms with E-state index in [0.29, 0.717) is 12.0 Å². The summed E-state index contributed by atoms with van der Waals surface area (Å²) >= 11 is 0. The summed E-state index contributed by atoms with van der Waals surface area (Å²) in [6, 6.07) is -0.843. The van der Waals surface area contributed by atoms with Gasteiger partial charge in [0.2, 0.25) is 0 Å². The number of nitrogens with one attached hydrogen (secondary N) is 1. The number of hydrogen-bond acceptors (Lipinski definition) is 3. The number of fused-ring (bicyclic) bond motifs is 1. The Morgan fingerprint density at radius 1 is 1.53 bits per heavy atom. The Labute approximate surface area is 111 Å². The maximum absolute atomic E-state index is 12.1. The van der Waals surface area contributed by atoms with Crippen molar-refractivity contribution in [1.82, 2.24) is 15.1 Å². The van der Waals surface area contributed by atoms with E-state index in [0.717, 1.165) is 25.1 Å². The molecule has 6 heteroatoms. The summed E-state index contributed by atoms with van der Waals surface area (Å²) in [5.74, 6) is -1.12.